The third-order valence-electron chi connectivity index (χ3n) is 13.5. The average Bonchev–Trinajstić information content (AvgIpc) is 3.98. The molecule has 2 aliphatic rings. The lowest BCUT2D eigenvalue weighted by Gasteiger charge is -2.30. The van der Waals surface area contributed by atoms with Gasteiger partial charge in [-0.3, -0.25) is 0 Å². The highest BCUT2D eigenvalue weighted by atomic mass is 16.3. The van der Waals surface area contributed by atoms with Gasteiger partial charge in [0, 0.05) is 33.4 Å². The van der Waals surface area contributed by atoms with Crippen LogP contribution in [0.4, 0.5) is 17.1 Å². The van der Waals surface area contributed by atoms with E-state index in [0.29, 0.717) is 0 Å². The summed E-state index contributed by atoms with van der Waals surface area (Å²) in [6.07, 6.45) is 0. The molecule has 294 valence electrons. The summed E-state index contributed by atoms with van der Waals surface area (Å²) in [4.78, 5) is 2.35. The molecule has 10 aromatic carbocycles. The summed E-state index contributed by atoms with van der Waals surface area (Å²) in [6, 6.07) is 86.1. The Hall–Kier alpha value is -8.20. The lowest BCUT2D eigenvalue weighted by molar-refractivity contribution is 0.666. The van der Waals surface area contributed by atoms with E-state index in [2.05, 4.69) is 241 Å². The minimum Gasteiger partial charge on any atom is -0.456 e. The second-order valence-corrected chi connectivity index (χ2v) is 16.7. The minimum atomic E-state index is -0.485. The summed E-state index contributed by atoms with van der Waals surface area (Å²) < 4.78 is 7.05. The predicted molar refractivity (Wildman–Crippen MR) is 261 cm³/mol. The van der Waals surface area contributed by atoms with Crippen molar-refractivity contribution in [1.29, 1.82) is 0 Å². The van der Waals surface area contributed by atoms with Crippen molar-refractivity contribution in [3.8, 4) is 55.6 Å². The second kappa shape index (κ2) is 13.9. The Balaban J connectivity index is 1.01. The number of anilines is 3. The third-order valence-corrected chi connectivity index (χ3v) is 13.5. The van der Waals surface area contributed by atoms with Crippen LogP contribution in [0.5, 0.6) is 0 Å². The zero-order valence-corrected chi connectivity index (χ0v) is 34.4. The molecule has 0 bridgehead atoms. The van der Waals surface area contributed by atoms with Crippen molar-refractivity contribution in [2.75, 3.05) is 4.90 Å². The Morgan fingerprint density at radius 2 is 0.746 bits per heavy atom. The topological polar surface area (TPSA) is 16.4 Å². The molecule has 0 radical (unpaired) electrons. The molecule has 0 unspecified atom stereocenters. The van der Waals surface area contributed by atoms with E-state index in [4.69, 9.17) is 4.42 Å². The maximum Gasteiger partial charge on any atom is 0.136 e. The Morgan fingerprint density at radius 3 is 1.35 bits per heavy atom. The third kappa shape index (κ3) is 5.25. The van der Waals surface area contributed by atoms with Crippen LogP contribution in [0, 0.1) is 0 Å². The Bertz CT molecular complexity index is 3490. The van der Waals surface area contributed by atoms with E-state index in [1.807, 2.05) is 0 Å². The first-order chi connectivity index (χ1) is 31.3. The summed E-state index contributed by atoms with van der Waals surface area (Å²) >= 11 is 0. The fraction of sp³-hybridized carbons (Fsp3) is 0.0164. The van der Waals surface area contributed by atoms with Gasteiger partial charge in [0.15, 0.2) is 0 Å². The van der Waals surface area contributed by atoms with Gasteiger partial charge in [-0.1, -0.05) is 188 Å². The zero-order valence-electron chi connectivity index (χ0n) is 34.4. The van der Waals surface area contributed by atoms with Crippen LogP contribution in [0.25, 0.3) is 77.6 Å². The molecule has 2 heteroatoms. The van der Waals surface area contributed by atoms with Gasteiger partial charge >= 0.3 is 0 Å². The van der Waals surface area contributed by atoms with Crippen molar-refractivity contribution >= 4 is 39.0 Å². The lowest BCUT2D eigenvalue weighted by Crippen LogP contribution is -2.25. The molecule has 1 spiro atoms. The van der Waals surface area contributed by atoms with Crippen LogP contribution in [0.1, 0.15) is 22.3 Å². The van der Waals surface area contributed by atoms with E-state index in [1.165, 1.54) is 77.9 Å². The van der Waals surface area contributed by atoms with Gasteiger partial charge in [-0.2, -0.15) is 0 Å². The highest BCUT2D eigenvalue weighted by molar-refractivity contribution is 6.19. The summed E-state index contributed by atoms with van der Waals surface area (Å²) in [7, 11) is 0. The first-order valence-electron chi connectivity index (χ1n) is 21.8. The Labute approximate surface area is 366 Å². The molecular formula is C61H39NO. The summed E-state index contributed by atoms with van der Waals surface area (Å²) in [5, 5.41) is 2.22. The van der Waals surface area contributed by atoms with Crippen LogP contribution < -0.4 is 4.90 Å². The van der Waals surface area contributed by atoms with Gasteiger partial charge in [-0.05, 0) is 121 Å². The lowest BCUT2D eigenvalue weighted by atomic mass is 9.70. The molecule has 13 rings (SSSR count). The van der Waals surface area contributed by atoms with Gasteiger partial charge in [-0.25, -0.2) is 0 Å². The molecule has 0 saturated heterocycles. The smallest absolute Gasteiger partial charge is 0.136 e. The molecule has 63 heavy (non-hydrogen) atoms. The summed E-state index contributed by atoms with van der Waals surface area (Å²) in [5.41, 5.74) is 22.0. The van der Waals surface area contributed by atoms with Crippen LogP contribution in [-0.4, -0.2) is 0 Å². The highest BCUT2D eigenvalue weighted by Crippen LogP contribution is 2.65. The first kappa shape index (κ1) is 35.5. The van der Waals surface area contributed by atoms with E-state index >= 15 is 0 Å². The van der Waals surface area contributed by atoms with Gasteiger partial charge < -0.3 is 9.32 Å². The largest absolute Gasteiger partial charge is 0.456 e. The molecule has 1 aromatic heterocycles. The van der Waals surface area contributed by atoms with Crippen LogP contribution in [-0.2, 0) is 5.41 Å². The molecular weight excluding hydrogens is 763 g/mol. The van der Waals surface area contributed by atoms with Crippen molar-refractivity contribution in [3.63, 3.8) is 0 Å². The normalized spacial score (nSPS) is 12.9. The highest BCUT2D eigenvalue weighted by Gasteiger charge is 2.52. The predicted octanol–water partition coefficient (Wildman–Crippen LogP) is 16.4. The fourth-order valence-corrected chi connectivity index (χ4v) is 10.8. The molecule has 0 N–H and O–H groups in total. The van der Waals surface area contributed by atoms with E-state index in [1.54, 1.807) is 0 Å². The second-order valence-electron chi connectivity index (χ2n) is 16.7. The Morgan fingerprint density at radius 1 is 0.302 bits per heavy atom. The van der Waals surface area contributed by atoms with Gasteiger partial charge in [0.1, 0.15) is 11.2 Å². The van der Waals surface area contributed by atoms with Crippen molar-refractivity contribution in [2.45, 2.75) is 5.41 Å². The molecule has 0 atom stereocenters. The van der Waals surface area contributed by atoms with Crippen molar-refractivity contribution in [2.24, 2.45) is 0 Å². The quantitative estimate of drug-likeness (QED) is 0.167. The molecule has 11 aromatic rings. The molecule has 0 aliphatic heterocycles. The molecule has 1 heterocycles. The van der Waals surface area contributed by atoms with E-state index in [-0.39, 0.29) is 0 Å². The van der Waals surface area contributed by atoms with Gasteiger partial charge in [0.05, 0.1) is 5.41 Å². The number of hydrogen-bond acceptors (Lipinski definition) is 2. The standard InChI is InChI=1S/C61H39NO/c1-4-16-40(17-5-1)41-28-30-42(31-29-41)43-32-34-46(35-33-43)62(45-20-8-3-9-21-45)47-36-37-56-51(38-47)60-57(63-56)39-55-59(58(60)44-18-6-2-7-19-44)50-24-12-15-27-54(50)61(55)52-25-13-10-22-48(52)49-23-11-14-26-53(49)61/h1-39H. The fourth-order valence-electron chi connectivity index (χ4n) is 10.8. The number of benzene rings is 10. The number of hydrogen-bond donors (Lipinski definition) is 0. The summed E-state index contributed by atoms with van der Waals surface area (Å²) in [5.74, 6) is 0. The monoisotopic (exact) mass is 801 g/mol. The number of para-hydroxylation sites is 1. The Kier molecular flexibility index (Phi) is 7.85. The van der Waals surface area contributed by atoms with Gasteiger partial charge in [0.25, 0.3) is 0 Å². The van der Waals surface area contributed by atoms with Crippen LogP contribution in [0.15, 0.2) is 241 Å². The van der Waals surface area contributed by atoms with Gasteiger partial charge in [-0.15, -0.1) is 0 Å². The number of fused-ring (bicyclic) bond motifs is 13. The van der Waals surface area contributed by atoms with E-state index in [0.717, 1.165) is 39.0 Å². The number of rotatable bonds is 6. The maximum atomic E-state index is 7.05. The molecule has 2 aliphatic carbocycles. The molecule has 0 fully saturated rings. The van der Waals surface area contributed by atoms with Gasteiger partial charge in [0.2, 0.25) is 0 Å². The first-order valence-corrected chi connectivity index (χ1v) is 21.8. The number of nitrogens with zero attached hydrogens (tertiary/aromatic N) is 1. The van der Waals surface area contributed by atoms with E-state index in [9.17, 15) is 0 Å². The SMILES string of the molecule is c1ccc(-c2ccc(-c3ccc(N(c4ccccc4)c4ccc5oc6cc7c(c(-c8ccccc8)c6c5c4)-c4ccccc4C74c5ccccc5-c5ccccc54)cc3)cc2)cc1. The van der Waals surface area contributed by atoms with E-state index < -0.39 is 5.41 Å². The summed E-state index contributed by atoms with van der Waals surface area (Å²) in [6.45, 7) is 0. The molecule has 0 amide bonds. The minimum absolute atomic E-state index is 0.485. The van der Waals surface area contributed by atoms with Crippen LogP contribution in [0.2, 0.25) is 0 Å². The zero-order chi connectivity index (χ0) is 41.5. The van der Waals surface area contributed by atoms with Crippen molar-refractivity contribution < 1.29 is 4.42 Å². The molecule has 0 saturated carbocycles. The van der Waals surface area contributed by atoms with Crippen molar-refractivity contribution in [3.05, 3.63) is 259 Å². The molecule has 2 nitrogen and oxygen atoms in total. The average molecular weight is 802 g/mol. The van der Waals surface area contributed by atoms with Crippen LogP contribution >= 0.6 is 0 Å². The maximum absolute atomic E-state index is 7.05. The van der Waals surface area contributed by atoms with Crippen LogP contribution in [0.3, 0.4) is 0 Å². The number of furan rings is 1. The van der Waals surface area contributed by atoms with Crippen molar-refractivity contribution in [1.82, 2.24) is 0 Å².